The van der Waals surface area contributed by atoms with Crippen LogP contribution in [0, 0.1) is 6.92 Å². The summed E-state index contributed by atoms with van der Waals surface area (Å²) in [6, 6.07) is 8.54. The zero-order valence-electron chi connectivity index (χ0n) is 12.9. The third-order valence-corrected chi connectivity index (χ3v) is 4.29. The third-order valence-electron chi connectivity index (χ3n) is 4.29. The molecule has 0 amide bonds. The monoisotopic (exact) mass is 274 g/mol. The van der Waals surface area contributed by atoms with Crippen LogP contribution in [0.1, 0.15) is 35.2 Å². The van der Waals surface area contributed by atoms with E-state index in [4.69, 9.17) is 0 Å². The molecule has 0 radical (unpaired) electrons. The fraction of sp³-hybridized carbons (Fsp3) is 0.588. The molecule has 0 aromatic heterocycles. The van der Waals surface area contributed by atoms with Crippen LogP contribution < -0.4 is 0 Å². The molecule has 1 unspecified atom stereocenters. The summed E-state index contributed by atoms with van der Waals surface area (Å²) in [6.07, 6.45) is 3.19. The van der Waals surface area contributed by atoms with Crippen LogP contribution >= 0.6 is 0 Å². The molecule has 1 aromatic carbocycles. The Morgan fingerprint density at radius 2 is 2.05 bits per heavy atom. The van der Waals surface area contributed by atoms with E-state index in [9.17, 15) is 4.79 Å². The number of rotatable bonds is 6. The lowest BCUT2D eigenvalue weighted by atomic mass is 10.1. The predicted octanol–water partition coefficient (Wildman–Crippen LogP) is 2.59. The highest BCUT2D eigenvalue weighted by atomic mass is 16.1. The SMILES string of the molecule is Cc1ccc(C(=O)CCN(C)CC2CCCN2C)cc1. The first-order valence-corrected chi connectivity index (χ1v) is 7.55. The van der Waals surface area contributed by atoms with E-state index in [-0.39, 0.29) is 5.78 Å². The molecule has 1 aromatic rings. The summed E-state index contributed by atoms with van der Waals surface area (Å²) in [4.78, 5) is 16.8. The molecule has 1 saturated heterocycles. The van der Waals surface area contributed by atoms with Crippen molar-refractivity contribution in [3.8, 4) is 0 Å². The summed E-state index contributed by atoms with van der Waals surface area (Å²) in [6.45, 7) is 5.16. The topological polar surface area (TPSA) is 23.6 Å². The van der Waals surface area contributed by atoms with Crippen molar-refractivity contribution in [1.82, 2.24) is 9.80 Å². The second kappa shape index (κ2) is 7.00. The lowest BCUT2D eigenvalue weighted by Crippen LogP contribution is -2.37. The van der Waals surface area contributed by atoms with Gasteiger partial charge in [0.1, 0.15) is 0 Å². The maximum Gasteiger partial charge on any atom is 0.164 e. The number of hydrogen-bond acceptors (Lipinski definition) is 3. The molecule has 1 fully saturated rings. The third kappa shape index (κ3) is 4.15. The number of likely N-dealkylation sites (N-methyl/N-ethyl adjacent to an activating group) is 2. The van der Waals surface area contributed by atoms with Gasteiger partial charge in [-0.3, -0.25) is 4.79 Å². The van der Waals surface area contributed by atoms with Crippen LogP contribution in [-0.2, 0) is 0 Å². The van der Waals surface area contributed by atoms with Gasteiger partial charge in [0.15, 0.2) is 5.78 Å². The van der Waals surface area contributed by atoms with Gasteiger partial charge >= 0.3 is 0 Å². The number of nitrogens with zero attached hydrogens (tertiary/aromatic N) is 2. The Labute approximate surface area is 122 Å². The van der Waals surface area contributed by atoms with Gasteiger partial charge in [-0.05, 0) is 40.4 Å². The van der Waals surface area contributed by atoms with Crippen LogP contribution in [0.5, 0.6) is 0 Å². The van der Waals surface area contributed by atoms with Gasteiger partial charge < -0.3 is 9.80 Å². The van der Waals surface area contributed by atoms with E-state index in [0.717, 1.165) is 18.7 Å². The van der Waals surface area contributed by atoms with Gasteiger partial charge in [0, 0.05) is 31.1 Å². The number of Topliss-reactive ketones (excluding diaryl/α,β-unsaturated/α-hetero) is 1. The summed E-state index contributed by atoms with van der Waals surface area (Å²) >= 11 is 0. The first-order chi connectivity index (χ1) is 9.56. The molecule has 1 heterocycles. The second-order valence-electron chi connectivity index (χ2n) is 6.08. The van der Waals surface area contributed by atoms with Crippen molar-refractivity contribution in [2.45, 2.75) is 32.2 Å². The Morgan fingerprint density at radius 1 is 1.35 bits per heavy atom. The van der Waals surface area contributed by atoms with Crippen molar-refractivity contribution < 1.29 is 4.79 Å². The summed E-state index contributed by atoms with van der Waals surface area (Å²) in [7, 11) is 4.32. The lowest BCUT2D eigenvalue weighted by molar-refractivity contribution is 0.0964. The van der Waals surface area contributed by atoms with Gasteiger partial charge in [-0.25, -0.2) is 0 Å². The molecule has 0 saturated carbocycles. The van der Waals surface area contributed by atoms with E-state index in [1.807, 2.05) is 31.2 Å². The standard InChI is InChI=1S/C17H26N2O/c1-14-6-8-15(9-7-14)17(20)10-12-18(2)13-16-5-4-11-19(16)3/h6-9,16H,4-5,10-13H2,1-3H3. The highest BCUT2D eigenvalue weighted by molar-refractivity contribution is 5.96. The molecule has 1 aliphatic rings. The molecule has 0 N–H and O–H groups in total. The van der Waals surface area contributed by atoms with Crippen LogP contribution in [0.15, 0.2) is 24.3 Å². The zero-order chi connectivity index (χ0) is 14.5. The minimum atomic E-state index is 0.247. The van der Waals surface area contributed by atoms with Gasteiger partial charge in [0.2, 0.25) is 0 Å². The zero-order valence-corrected chi connectivity index (χ0v) is 12.9. The average Bonchev–Trinajstić information content (AvgIpc) is 2.82. The van der Waals surface area contributed by atoms with Crippen molar-refractivity contribution in [2.75, 3.05) is 33.7 Å². The summed E-state index contributed by atoms with van der Waals surface area (Å²) in [5, 5.41) is 0. The number of likely N-dealkylation sites (tertiary alicyclic amines) is 1. The first kappa shape index (κ1) is 15.2. The van der Waals surface area contributed by atoms with Crippen LogP contribution in [0.3, 0.4) is 0 Å². The van der Waals surface area contributed by atoms with E-state index in [0.29, 0.717) is 12.5 Å². The predicted molar refractivity (Wildman–Crippen MR) is 83.3 cm³/mol. The normalized spacial score (nSPS) is 19.7. The van der Waals surface area contributed by atoms with Crippen molar-refractivity contribution in [3.63, 3.8) is 0 Å². The van der Waals surface area contributed by atoms with Crippen LogP contribution in [0.4, 0.5) is 0 Å². The van der Waals surface area contributed by atoms with Gasteiger partial charge in [-0.2, -0.15) is 0 Å². The number of aryl methyl sites for hydroxylation is 1. The molecular formula is C17H26N2O. The summed E-state index contributed by atoms with van der Waals surface area (Å²) < 4.78 is 0. The lowest BCUT2D eigenvalue weighted by Gasteiger charge is -2.25. The van der Waals surface area contributed by atoms with Crippen molar-refractivity contribution in [1.29, 1.82) is 0 Å². The Kier molecular flexibility index (Phi) is 5.32. The maximum atomic E-state index is 12.1. The van der Waals surface area contributed by atoms with Crippen LogP contribution in [0.2, 0.25) is 0 Å². The summed E-state index contributed by atoms with van der Waals surface area (Å²) in [5.74, 6) is 0.247. The Balaban J connectivity index is 1.76. The van der Waals surface area contributed by atoms with Gasteiger partial charge in [0.05, 0.1) is 0 Å². The number of benzene rings is 1. The molecule has 0 bridgehead atoms. The van der Waals surface area contributed by atoms with Gasteiger partial charge in [0.25, 0.3) is 0 Å². The maximum absolute atomic E-state index is 12.1. The minimum Gasteiger partial charge on any atom is -0.304 e. The van der Waals surface area contributed by atoms with Crippen molar-refractivity contribution in [2.24, 2.45) is 0 Å². The van der Waals surface area contributed by atoms with E-state index in [1.165, 1.54) is 24.9 Å². The molecule has 1 atom stereocenters. The molecule has 3 heteroatoms. The molecule has 3 nitrogen and oxygen atoms in total. The smallest absolute Gasteiger partial charge is 0.164 e. The Bertz CT molecular complexity index is 441. The van der Waals surface area contributed by atoms with Crippen molar-refractivity contribution in [3.05, 3.63) is 35.4 Å². The van der Waals surface area contributed by atoms with E-state index < -0.39 is 0 Å². The average molecular weight is 274 g/mol. The molecular weight excluding hydrogens is 248 g/mol. The minimum absolute atomic E-state index is 0.247. The van der Waals surface area contributed by atoms with E-state index in [2.05, 4.69) is 23.9 Å². The fourth-order valence-electron chi connectivity index (χ4n) is 2.84. The molecule has 110 valence electrons. The first-order valence-electron chi connectivity index (χ1n) is 7.55. The Hall–Kier alpha value is -1.19. The molecule has 0 aliphatic carbocycles. The molecule has 20 heavy (non-hydrogen) atoms. The molecule has 1 aliphatic heterocycles. The molecule has 0 spiro atoms. The van der Waals surface area contributed by atoms with E-state index in [1.54, 1.807) is 0 Å². The second-order valence-corrected chi connectivity index (χ2v) is 6.08. The molecule has 2 rings (SSSR count). The largest absolute Gasteiger partial charge is 0.304 e. The van der Waals surface area contributed by atoms with Gasteiger partial charge in [-0.15, -0.1) is 0 Å². The quantitative estimate of drug-likeness (QED) is 0.745. The van der Waals surface area contributed by atoms with Crippen molar-refractivity contribution >= 4 is 5.78 Å². The highest BCUT2D eigenvalue weighted by Gasteiger charge is 2.22. The van der Waals surface area contributed by atoms with Gasteiger partial charge in [-0.1, -0.05) is 29.8 Å². The number of carbonyl (C=O) groups is 1. The van der Waals surface area contributed by atoms with Crippen LogP contribution in [0.25, 0.3) is 0 Å². The Morgan fingerprint density at radius 3 is 2.65 bits per heavy atom. The van der Waals surface area contributed by atoms with Crippen LogP contribution in [-0.4, -0.2) is 55.4 Å². The number of carbonyl (C=O) groups excluding carboxylic acids is 1. The number of hydrogen-bond donors (Lipinski definition) is 0. The summed E-state index contributed by atoms with van der Waals surface area (Å²) in [5.41, 5.74) is 2.03. The highest BCUT2D eigenvalue weighted by Crippen LogP contribution is 2.15. The fourth-order valence-corrected chi connectivity index (χ4v) is 2.84. The van der Waals surface area contributed by atoms with E-state index >= 15 is 0 Å². The number of ketones is 1.